The van der Waals surface area contributed by atoms with Gasteiger partial charge in [0.15, 0.2) is 0 Å². The van der Waals surface area contributed by atoms with Gasteiger partial charge >= 0.3 is 5.97 Å². The lowest BCUT2D eigenvalue weighted by Gasteiger charge is -2.09. The minimum atomic E-state index is -0.389. The highest BCUT2D eigenvalue weighted by atomic mass is 17.2. The lowest BCUT2D eigenvalue weighted by atomic mass is 10.0. The molecule has 0 bridgehead atoms. The molecule has 0 N–H and O–H groups in total. The Morgan fingerprint density at radius 3 is 2.48 bits per heavy atom. The van der Waals surface area contributed by atoms with E-state index in [0.717, 1.165) is 32.1 Å². The predicted molar refractivity (Wildman–Crippen MR) is 83.0 cm³/mol. The van der Waals surface area contributed by atoms with E-state index in [2.05, 4.69) is 6.92 Å². The van der Waals surface area contributed by atoms with Gasteiger partial charge in [-0.1, -0.05) is 51.2 Å². The summed E-state index contributed by atoms with van der Waals surface area (Å²) >= 11 is 0. The third kappa shape index (κ3) is 5.50. The summed E-state index contributed by atoms with van der Waals surface area (Å²) in [5.74, 6) is -0.389. The van der Waals surface area contributed by atoms with Crippen LogP contribution >= 0.6 is 0 Å². The first-order valence-corrected chi connectivity index (χ1v) is 8.26. The first-order chi connectivity index (χ1) is 10.3. The molecule has 1 saturated carbocycles. The Morgan fingerprint density at radius 2 is 1.81 bits per heavy atom. The molecule has 2 rings (SSSR count). The van der Waals surface area contributed by atoms with Gasteiger partial charge in [0, 0.05) is 0 Å². The number of carbonyl (C=O) groups is 1. The van der Waals surface area contributed by atoms with Gasteiger partial charge in [0.05, 0.1) is 5.56 Å². The van der Waals surface area contributed by atoms with Gasteiger partial charge in [0.2, 0.25) is 0 Å². The first kappa shape index (κ1) is 16.0. The molecule has 0 spiro atoms. The second-order valence-corrected chi connectivity index (χ2v) is 5.88. The molecule has 3 nitrogen and oxygen atoms in total. The maximum atomic E-state index is 11.9. The monoisotopic (exact) mass is 290 g/mol. The molecule has 3 heteroatoms. The normalized spacial score (nSPS) is 15.3. The van der Waals surface area contributed by atoms with Crippen LogP contribution in [-0.2, 0) is 16.2 Å². The molecule has 0 heterocycles. The van der Waals surface area contributed by atoms with E-state index in [0.29, 0.717) is 5.56 Å². The maximum Gasteiger partial charge on any atom is 0.373 e. The van der Waals surface area contributed by atoms with Crippen molar-refractivity contribution in [3.63, 3.8) is 0 Å². The number of hydrogen-bond acceptors (Lipinski definition) is 3. The Balaban J connectivity index is 1.73. The highest BCUT2D eigenvalue weighted by Crippen LogP contribution is 2.21. The number of unbranched alkanes of at least 4 members (excludes halogenated alkanes) is 3. The summed E-state index contributed by atoms with van der Waals surface area (Å²) in [6.07, 6.45) is 10.5. The molecule has 1 aliphatic carbocycles. The molecule has 0 atom stereocenters. The maximum absolute atomic E-state index is 11.9. The lowest BCUT2D eigenvalue weighted by Crippen LogP contribution is -2.13. The van der Waals surface area contributed by atoms with Crippen molar-refractivity contribution in [3.8, 4) is 0 Å². The fourth-order valence-corrected chi connectivity index (χ4v) is 2.71. The standard InChI is InChI=1S/C18H26O3/c1-2-3-4-5-8-15-11-13-16(14-12-15)18(19)21-20-17-9-6-7-10-17/h11-14,17H,2-10H2,1H3. The number of carbonyl (C=O) groups excluding carboxylic acids is 1. The zero-order chi connectivity index (χ0) is 14.9. The molecular weight excluding hydrogens is 264 g/mol. The van der Waals surface area contributed by atoms with Crippen molar-refractivity contribution in [1.82, 2.24) is 0 Å². The van der Waals surface area contributed by atoms with E-state index in [4.69, 9.17) is 9.78 Å². The highest BCUT2D eigenvalue weighted by Gasteiger charge is 2.19. The third-order valence-corrected chi connectivity index (χ3v) is 4.07. The van der Waals surface area contributed by atoms with Crippen molar-refractivity contribution in [2.45, 2.75) is 70.8 Å². The minimum Gasteiger partial charge on any atom is -0.293 e. The quantitative estimate of drug-likeness (QED) is 0.390. The molecule has 1 aromatic carbocycles. The molecule has 0 aliphatic heterocycles. The topological polar surface area (TPSA) is 35.5 Å². The summed E-state index contributed by atoms with van der Waals surface area (Å²) in [5.41, 5.74) is 1.84. The van der Waals surface area contributed by atoms with Crippen molar-refractivity contribution in [1.29, 1.82) is 0 Å². The molecule has 0 unspecified atom stereocenters. The second kappa shape index (κ2) is 8.83. The van der Waals surface area contributed by atoms with Crippen LogP contribution in [0.4, 0.5) is 0 Å². The number of rotatable bonds is 8. The van der Waals surface area contributed by atoms with Crippen LogP contribution in [0.5, 0.6) is 0 Å². The van der Waals surface area contributed by atoms with Gasteiger partial charge in [0.25, 0.3) is 0 Å². The van der Waals surface area contributed by atoms with Gasteiger partial charge in [0.1, 0.15) is 6.10 Å². The minimum absolute atomic E-state index is 0.0896. The van der Waals surface area contributed by atoms with Crippen LogP contribution < -0.4 is 0 Å². The van der Waals surface area contributed by atoms with Crippen LogP contribution in [0, 0.1) is 0 Å². The van der Waals surface area contributed by atoms with Crippen molar-refractivity contribution in [2.75, 3.05) is 0 Å². The van der Waals surface area contributed by atoms with Crippen LogP contribution in [0.25, 0.3) is 0 Å². The number of aryl methyl sites for hydroxylation is 1. The van der Waals surface area contributed by atoms with Gasteiger partial charge in [-0.15, -0.1) is 0 Å². The summed E-state index contributed by atoms with van der Waals surface area (Å²) in [7, 11) is 0. The molecule has 116 valence electrons. The molecule has 0 radical (unpaired) electrons. The van der Waals surface area contributed by atoms with Gasteiger partial charge in [-0.3, -0.25) is 4.89 Å². The van der Waals surface area contributed by atoms with E-state index in [1.54, 1.807) is 0 Å². The number of benzene rings is 1. The first-order valence-electron chi connectivity index (χ1n) is 8.26. The van der Waals surface area contributed by atoms with Crippen molar-refractivity contribution >= 4 is 5.97 Å². The van der Waals surface area contributed by atoms with E-state index >= 15 is 0 Å². The van der Waals surface area contributed by atoms with Crippen LogP contribution in [0.3, 0.4) is 0 Å². The van der Waals surface area contributed by atoms with E-state index < -0.39 is 0 Å². The summed E-state index contributed by atoms with van der Waals surface area (Å²) in [6.45, 7) is 2.22. The Hall–Kier alpha value is -1.35. The van der Waals surface area contributed by atoms with Gasteiger partial charge in [-0.25, -0.2) is 4.79 Å². The summed E-state index contributed by atoms with van der Waals surface area (Å²) in [5, 5.41) is 0. The fraction of sp³-hybridized carbons (Fsp3) is 0.611. The molecule has 1 aliphatic rings. The number of hydrogen-bond donors (Lipinski definition) is 0. The summed E-state index contributed by atoms with van der Waals surface area (Å²) in [6, 6.07) is 7.68. The van der Waals surface area contributed by atoms with E-state index in [9.17, 15) is 4.79 Å². The predicted octanol–water partition coefficient (Wildman–Crippen LogP) is 4.84. The summed E-state index contributed by atoms with van der Waals surface area (Å²) in [4.78, 5) is 22.0. The molecule has 0 amide bonds. The molecule has 0 saturated heterocycles. The van der Waals surface area contributed by atoms with Crippen LogP contribution in [-0.4, -0.2) is 12.1 Å². The Kier molecular flexibility index (Phi) is 6.74. The van der Waals surface area contributed by atoms with E-state index in [-0.39, 0.29) is 12.1 Å². The Morgan fingerprint density at radius 1 is 1.10 bits per heavy atom. The summed E-state index contributed by atoms with van der Waals surface area (Å²) < 4.78 is 0. The average molecular weight is 290 g/mol. The molecular formula is C18H26O3. The average Bonchev–Trinajstić information content (AvgIpc) is 3.03. The fourth-order valence-electron chi connectivity index (χ4n) is 2.71. The Labute approximate surface area is 127 Å². The van der Waals surface area contributed by atoms with Gasteiger partial charge in [-0.05, 0) is 43.4 Å². The van der Waals surface area contributed by atoms with Crippen molar-refractivity contribution in [3.05, 3.63) is 35.4 Å². The molecule has 0 aromatic heterocycles. The van der Waals surface area contributed by atoms with Crippen molar-refractivity contribution < 1.29 is 14.6 Å². The van der Waals surface area contributed by atoms with Crippen molar-refractivity contribution in [2.24, 2.45) is 0 Å². The molecule has 1 fully saturated rings. The van der Waals surface area contributed by atoms with Crippen LogP contribution in [0.2, 0.25) is 0 Å². The second-order valence-electron chi connectivity index (χ2n) is 5.88. The largest absolute Gasteiger partial charge is 0.373 e. The van der Waals surface area contributed by atoms with E-state index in [1.807, 2.05) is 24.3 Å². The lowest BCUT2D eigenvalue weighted by molar-refractivity contribution is -0.272. The van der Waals surface area contributed by atoms with Gasteiger partial charge < -0.3 is 0 Å². The van der Waals surface area contributed by atoms with Crippen LogP contribution in [0.15, 0.2) is 24.3 Å². The zero-order valence-corrected chi connectivity index (χ0v) is 13.0. The third-order valence-electron chi connectivity index (χ3n) is 4.07. The molecule has 1 aromatic rings. The molecule has 21 heavy (non-hydrogen) atoms. The van der Waals surface area contributed by atoms with E-state index in [1.165, 1.54) is 31.2 Å². The highest BCUT2D eigenvalue weighted by molar-refractivity contribution is 5.88. The SMILES string of the molecule is CCCCCCc1ccc(C(=O)OOC2CCCC2)cc1. The Bertz CT molecular complexity index is 419. The van der Waals surface area contributed by atoms with Crippen LogP contribution in [0.1, 0.15) is 74.2 Å². The zero-order valence-electron chi connectivity index (χ0n) is 13.0. The smallest absolute Gasteiger partial charge is 0.293 e. The van der Waals surface area contributed by atoms with Gasteiger partial charge in [-0.2, -0.15) is 4.89 Å².